The Bertz CT molecular complexity index is 1490. The fourth-order valence-electron chi connectivity index (χ4n) is 4.38. The van der Waals surface area contributed by atoms with Gasteiger partial charge in [-0.15, -0.1) is 0 Å². The summed E-state index contributed by atoms with van der Waals surface area (Å²) in [5.41, 5.74) is 7.81. The number of fused-ring (bicyclic) bond motifs is 1. The highest BCUT2D eigenvalue weighted by molar-refractivity contribution is 5.99. The number of nitrogens with one attached hydrogen (secondary N) is 1. The van der Waals surface area contributed by atoms with Crippen molar-refractivity contribution >= 4 is 28.6 Å². The Morgan fingerprint density at radius 3 is 2.66 bits per heavy atom. The van der Waals surface area contributed by atoms with Crippen molar-refractivity contribution in [3.05, 3.63) is 66.6 Å². The minimum absolute atomic E-state index is 0.0744. The van der Waals surface area contributed by atoms with Crippen LogP contribution < -0.4 is 20.5 Å². The lowest BCUT2D eigenvalue weighted by Crippen LogP contribution is -2.39. The monoisotopic (exact) mass is 516 g/mol. The van der Waals surface area contributed by atoms with Gasteiger partial charge in [0.15, 0.2) is 0 Å². The molecule has 1 atom stereocenters. The van der Waals surface area contributed by atoms with Crippen LogP contribution in [0.3, 0.4) is 0 Å². The molecule has 2 aromatic carbocycles. The normalized spacial score (nSPS) is 15.0. The predicted octanol–water partition coefficient (Wildman–Crippen LogP) is 2.59. The highest BCUT2D eigenvalue weighted by atomic mass is 16.6. The average Bonchev–Trinajstić information content (AvgIpc) is 3.56. The molecule has 0 aliphatic carbocycles. The number of nitrogens with zero attached hydrogens (tertiary/aromatic N) is 4. The number of aromatic nitrogens is 3. The van der Waals surface area contributed by atoms with Gasteiger partial charge in [-0.05, 0) is 47.5 Å². The number of hydrogen-bond acceptors (Lipinski definition) is 8. The van der Waals surface area contributed by atoms with Crippen molar-refractivity contribution in [1.82, 2.24) is 25.0 Å². The van der Waals surface area contributed by atoms with E-state index in [0.29, 0.717) is 31.0 Å². The molecular formula is C27H28N6O5. The smallest absolute Gasteiger partial charge is 0.415 e. The van der Waals surface area contributed by atoms with E-state index in [4.69, 9.17) is 20.3 Å². The molecule has 0 radical (unpaired) electrons. The van der Waals surface area contributed by atoms with Gasteiger partial charge in [-0.1, -0.05) is 12.1 Å². The van der Waals surface area contributed by atoms with Gasteiger partial charge in [-0.3, -0.25) is 9.48 Å². The number of likely N-dealkylation sites (tertiary alicyclic amines) is 1. The Morgan fingerprint density at radius 1 is 1.11 bits per heavy atom. The minimum atomic E-state index is -0.492. The summed E-state index contributed by atoms with van der Waals surface area (Å²) in [5, 5.41) is 17.9. The molecule has 0 bridgehead atoms. The molecule has 11 heteroatoms. The van der Waals surface area contributed by atoms with E-state index in [1.807, 2.05) is 37.5 Å². The van der Waals surface area contributed by atoms with E-state index < -0.39 is 6.09 Å². The van der Waals surface area contributed by atoms with Gasteiger partial charge in [0, 0.05) is 49.7 Å². The minimum Gasteiger partial charge on any atom is -0.491 e. The van der Waals surface area contributed by atoms with Crippen LogP contribution in [0.1, 0.15) is 16.8 Å². The van der Waals surface area contributed by atoms with Crippen LogP contribution in [-0.4, -0.2) is 69.1 Å². The fourth-order valence-corrected chi connectivity index (χ4v) is 4.38. The number of aryl methyl sites for hydroxylation is 1. The third-order valence-corrected chi connectivity index (χ3v) is 6.33. The summed E-state index contributed by atoms with van der Waals surface area (Å²) in [5.74, 6) is 0.802. The quantitative estimate of drug-likeness (QED) is 0.340. The van der Waals surface area contributed by atoms with Crippen LogP contribution in [0.5, 0.6) is 11.5 Å². The molecule has 2 amide bonds. The first kappa shape index (κ1) is 25.0. The molecule has 11 nitrogen and oxygen atoms in total. The van der Waals surface area contributed by atoms with E-state index in [2.05, 4.69) is 15.4 Å². The number of benzene rings is 2. The number of nitrogens with two attached hydrogens (primary N) is 1. The van der Waals surface area contributed by atoms with Gasteiger partial charge in [0.05, 0.1) is 18.4 Å². The highest BCUT2D eigenvalue weighted by Crippen LogP contribution is 2.26. The zero-order valence-corrected chi connectivity index (χ0v) is 20.8. The first-order valence-corrected chi connectivity index (χ1v) is 12.2. The third-order valence-electron chi connectivity index (χ3n) is 6.33. The third kappa shape index (κ3) is 5.52. The molecule has 1 aliphatic rings. The second kappa shape index (κ2) is 10.8. The van der Waals surface area contributed by atoms with Gasteiger partial charge in [-0.25, -0.2) is 9.78 Å². The van der Waals surface area contributed by atoms with Gasteiger partial charge in [0.25, 0.3) is 5.91 Å². The number of aliphatic hydroxyl groups is 1. The zero-order valence-electron chi connectivity index (χ0n) is 20.8. The molecule has 5 rings (SSSR count). The molecule has 2 aromatic heterocycles. The number of anilines is 1. The van der Waals surface area contributed by atoms with Gasteiger partial charge in [-0.2, -0.15) is 5.10 Å². The topological polar surface area (TPSA) is 145 Å². The Morgan fingerprint density at radius 2 is 1.89 bits per heavy atom. The SMILES string of the molecule is Cn1cc(-c2cnc(N)c(C(=O)N[C@@H]3CCN(C(=O)Oc4ccc5ccc(OCCO)cc5c4)C3)c2)cn1. The van der Waals surface area contributed by atoms with Crippen LogP contribution >= 0.6 is 0 Å². The number of ether oxygens (including phenoxy) is 2. The summed E-state index contributed by atoms with van der Waals surface area (Å²) in [6, 6.07) is 12.3. The fraction of sp³-hybridized carbons (Fsp3) is 0.259. The second-order valence-electron chi connectivity index (χ2n) is 9.08. The van der Waals surface area contributed by atoms with E-state index in [0.717, 1.165) is 21.9 Å². The number of rotatable bonds is 7. The molecule has 4 N–H and O–H groups in total. The standard InChI is InChI=1S/C27H28N6O5/c1-32-15-20(14-30-32)19-12-24(25(28)29-13-19)26(35)31-21-6-7-33(16-21)27(36)38-23-5-3-17-2-4-22(37-9-8-34)10-18(17)11-23/h2-5,10-15,21,34H,6-9,16H2,1H3,(H2,28,29)(H,31,35)/t21-/m1/s1. The van der Waals surface area contributed by atoms with E-state index in [9.17, 15) is 9.59 Å². The maximum Gasteiger partial charge on any atom is 0.415 e. The van der Waals surface area contributed by atoms with Gasteiger partial charge in [0.1, 0.15) is 23.9 Å². The van der Waals surface area contributed by atoms with Gasteiger partial charge in [0.2, 0.25) is 0 Å². The van der Waals surface area contributed by atoms with Crippen LogP contribution in [0.25, 0.3) is 21.9 Å². The number of carbonyl (C=O) groups is 2. The summed E-state index contributed by atoms with van der Waals surface area (Å²) >= 11 is 0. The Kier molecular flexibility index (Phi) is 7.09. The maximum atomic E-state index is 13.0. The van der Waals surface area contributed by atoms with Crippen LogP contribution in [0.15, 0.2) is 61.1 Å². The van der Waals surface area contributed by atoms with E-state index in [1.165, 1.54) is 0 Å². The summed E-state index contributed by atoms with van der Waals surface area (Å²) in [7, 11) is 1.81. The van der Waals surface area contributed by atoms with Crippen LogP contribution in [0.4, 0.5) is 10.6 Å². The number of aliphatic hydroxyl groups excluding tert-OH is 1. The largest absolute Gasteiger partial charge is 0.491 e. The van der Waals surface area contributed by atoms with Gasteiger partial charge < -0.3 is 30.5 Å². The van der Waals surface area contributed by atoms with E-state index in [1.54, 1.807) is 40.2 Å². The van der Waals surface area contributed by atoms with Crippen molar-refractivity contribution in [1.29, 1.82) is 0 Å². The highest BCUT2D eigenvalue weighted by Gasteiger charge is 2.29. The number of hydrogen-bond donors (Lipinski definition) is 3. The molecule has 196 valence electrons. The zero-order chi connectivity index (χ0) is 26.6. The second-order valence-corrected chi connectivity index (χ2v) is 9.08. The first-order valence-electron chi connectivity index (χ1n) is 12.2. The molecule has 38 heavy (non-hydrogen) atoms. The summed E-state index contributed by atoms with van der Waals surface area (Å²) in [6.45, 7) is 0.883. The number of pyridine rings is 1. The molecule has 1 aliphatic heterocycles. The lowest BCUT2D eigenvalue weighted by Gasteiger charge is -2.17. The maximum absolute atomic E-state index is 13.0. The van der Waals surface area contributed by atoms with Gasteiger partial charge >= 0.3 is 6.09 Å². The van der Waals surface area contributed by atoms with Crippen molar-refractivity contribution in [3.8, 4) is 22.6 Å². The average molecular weight is 517 g/mol. The molecule has 1 saturated heterocycles. The van der Waals surface area contributed by atoms with Crippen molar-refractivity contribution in [2.45, 2.75) is 12.5 Å². The molecule has 0 spiro atoms. The van der Waals surface area contributed by atoms with E-state index in [-0.39, 0.29) is 36.5 Å². The van der Waals surface area contributed by atoms with Crippen molar-refractivity contribution in [3.63, 3.8) is 0 Å². The lowest BCUT2D eigenvalue weighted by molar-refractivity contribution is 0.0937. The number of carbonyl (C=O) groups excluding carboxylic acids is 2. The van der Waals surface area contributed by atoms with Crippen molar-refractivity contribution in [2.24, 2.45) is 7.05 Å². The number of nitrogen functional groups attached to an aromatic ring is 1. The number of amides is 2. The Labute approximate surface area is 218 Å². The lowest BCUT2D eigenvalue weighted by atomic mass is 10.1. The molecule has 0 unspecified atom stereocenters. The summed E-state index contributed by atoms with van der Waals surface area (Å²) < 4.78 is 12.7. The first-order chi connectivity index (χ1) is 18.4. The van der Waals surface area contributed by atoms with Crippen molar-refractivity contribution in [2.75, 3.05) is 32.0 Å². The summed E-state index contributed by atoms with van der Waals surface area (Å²) in [6.07, 6.45) is 5.21. The molecule has 0 saturated carbocycles. The summed E-state index contributed by atoms with van der Waals surface area (Å²) in [4.78, 5) is 31.5. The van der Waals surface area contributed by atoms with Crippen LogP contribution in [0, 0.1) is 0 Å². The molecule has 4 aromatic rings. The Balaban J connectivity index is 1.20. The Hall–Kier alpha value is -4.64. The molecule has 3 heterocycles. The van der Waals surface area contributed by atoms with Crippen molar-refractivity contribution < 1.29 is 24.2 Å². The predicted molar refractivity (Wildman–Crippen MR) is 141 cm³/mol. The van der Waals surface area contributed by atoms with Crippen LogP contribution in [-0.2, 0) is 7.05 Å². The van der Waals surface area contributed by atoms with E-state index >= 15 is 0 Å². The van der Waals surface area contributed by atoms with Crippen LogP contribution in [0.2, 0.25) is 0 Å². The molecular weight excluding hydrogens is 488 g/mol. The molecule has 1 fully saturated rings.